The van der Waals surface area contributed by atoms with E-state index in [0.717, 1.165) is 11.1 Å². The van der Waals surface area contributed by atoms with E-state index in [0.29, 0.717) is 23.4 Å². The summed E-state index contributed by atoms with van der Waals surface area (Å²) in [6, 6.07) is 4.26. The molecule has 2 nitrogen and oxygen atoms in total. The van der Waals surface area contributed by atoms with Gasteiger partial charge >= 0.3 is 0 Å². The number of ether oxygens (including phenoxy) is 1. The molecule has 2 aromatic rings. The number of rotatable bonds is 3. The van der Waals surface area contributed by atoms with Gasteiger partial charge in [-0.2, -0.15) is 0 Å². The first-order chi connectivity index (χ1) is 9.85. The minimum atomic E-state index is -1.52. The Balaban J connectivity index is 2.53. The monoisotopic (exact) mass is 296 g/mol. The normalized spacial score (nSPS) is 12.3. The molecular weight excluding hydrogens is 281 g/mol. The van der Waals surface area contributed by atoms with E-state index in [1.54, 1.807) is 26.0 Å². The van der Waals surface area contributed by atoms with Gasteiger partial charge in [-0.1, -0.05) is 0 Å². The van der Waals surface area contributed by atoms with Crippen LogP contribution in [0.25, 0.3) is 0 Å². The third kappa shape index (κ3) is 2.88. The number of benzene rings is 2. The fourth-order valence-electron chi connectivity index (χ4n) is 2.44. The van der Waals surface area contributed by atoms with E-state index >= 15 is 0 Å². The van der Waals surface area contributed by atoms with Crippen molar-refractivity contribution in [1.29, 1.82) is 0 Å². The van der Waals surface area contributed by atoms with Crippen LogP contribution in [0.3, 0.4) is 0 Å². The number of methoxy groups -OCH3 is 1. The van der Waals surface area contributed by atoms with Gasteiger partial charge in [0.15, 0.2) is 0 Å². The third-order valence-electron chi connectivity index (χ3n) is 3.32. The zero-order valence-corrected chi connectivity index (χ0v) is 11.9. The van der Waals surface area contributed by atoms with Crippen molar-refractivity contribution in [2.75, 3.05) is 7.11 Å². The highest BCUT2D eigenvalue weighted by atomic mass is 19.1. The number of hydrogen-bond acceptors (Lipinski definition) is 2. The lowest BCUT2D eigenvalue weighted by atomic mass is 9.96. The van der Waals surface area contributed by atoms with Crippen LogP contribution >= 0.6 is 0 Å². The van der Waals surface area contributed by atoms with Crippen LogP contribution in [0, 0.1) is 31.3 Å². The molecule has 0 radical (unpaired) electrons. The van der Waals surface area contributed by atoms with Gasteiger partial charge in [-0.3, -0.25) is 0 Å². The summed E-state index contributed by atoms with van der Waals surface area (Å²) in [5, 5.41) is 10.2. The predicted octanol–water partition coefficient (Wildman–Crippen LogP) is 3.81. The molecule has 0 saturated heterocycles. The second-order valence-electron chi connectivity index (χ2n) is 4.87. The molecule has 112 valence electrons. The van der Waals surface area contributed by atoms with Gasteiger partial charge in [0.1, 0.15) is 29.3 Å². The Hall–Kier alpha value is -2.01. The van der Waals surface area contributed by atoms with Crippen LogP contribution in [0.2, 0.25) is 0 Å². The molecule has 2 rings (SSSR count). The van der Waals surface area contributed by atoms with Crippen molar-refractivity contribution in [3.63, 3.8) is 0 Å². The van der Waals surface area contributed by atoms with Gasteiger partial charge in [0, 0.05) is 12.1 Å². The second kappa shape index (κ2) is 5.77. The molecule has 0 aliphatic heterocycles. The van der Waals surface area contributed by atoms with E-state index in [-0.39, 0.29) is 0 Å². The molecule has 0 aromatic heterocycles. The maximum atomic E-state index is 13.7. The molecule has 0 fully saturated rings. The first-order valence-electron chi connectivity index (χ1n) is 6.32. The van der Waals surface area contributed by atoms with E-state index in [4.69, 9.17) is 4.74 Å². The molecule has 5 heteroatoms. The fourth-order valence-corrected chi connectivity index (χ4v) is 2.44. The van der Waals surface area contributed by atoms with Gasteiger partial charge in [0.2, 0.25) is 0 Å². The molecule has 1 N–H and O–H groups in total. The number of hydrogen-bond donors (Lipinski definition) is 1. The molecule has 0 aliphatic rings. The van der Waals surface area contributed by atoms with E-state index < -0.39 is 29.1 Å². The smallest absolute Gasteiger partial charge is 0.135 e. The van der Waals surface area contributed by atoms with E-state index in [1.165, 1.54) is 7.11 Å². The molecule has 0 bridgehead atoms. The number of aryl methyl sites for hydroxylation is 2. The Kier molecular flexibility index (Phi) is 4.23. The van der Waals surface area contributed by atoms with Gasteiger partial charge in [-0.25, -0.2) is 13.2 Å². The van der Waals surface area contributed by atoms with Crippen LogP contribution in [-0.2, 0) is 0 Å². The quantitative estimate of drug-likeness (QED) is 0.933. The fraction of sp³-hybridized carbons (Fsp3) is 0.250. The van der Waals surface area contributed by atoms with Gasteiger partial charge in [0.05, 0.1) is 12.7 Å². The highest BCUT2D eigenvalue weighted by Gasteiger charge is 2.22. The molecule has 0 amide bonds. The zero-order valence-electron chi connectivity index (χ0n) is 11.9. The summed E-state index contributed by atoms with van der Waals surface area (Å²) in [5.41, 5.74) is 1.21. The first-order valence-corrected chi connectivity index (χ1v) is 6.32. The molecular formula is C16H15F3O2. The van der Waals surface area contributed by atoms with Crippen molar-refractivity contribution in [3.8, 4) is 5.75 Å². The van der Waals surface area contributed by atoms with Crippen molar-refractivity contribution < 1.29 is 23.0 Å². The average Bonchev–Trinajstić information content (AvgIpc) is 2.36. The van der Waals surface area contributed by atoms with Gasteiger partial charge in [-0.15, -0.1) is 0 Å². The molecule has 0 spiro atoms. The van der Waals surface area contributed by atoms with Crippen LogP contribution in [-0.4, -0.2) is 12.2 Å². The summed E-state index contributed by atoms with van der Waals surface area (Å²) in [7, 11) is 1.52. The van der Waals surface area contributed by atoms with Gasteiger partial charge in [-0.05, 0) is 42.7 Å². The van der Waals surface area contributed by atoms with Crippen LogP contribution in [0.4, 0.5) is 13.2 Å². The largest absolute Gasteiger partial charge is 0.496 e. The zero-order chi connectivity index (χ0) is 15.7. The van der Waals surface area contributed by atoms with Gasteiger partial charge < -0.3 is 9.84 Å². The van der Waals surface area contributed by atoms with Crippen LogP contribution < -0.4 is 4.74 Å². The van der Waals surface area contributed by atoms with Gasteiger partial charge in [0.25, 0.3) is 0 Å². The van der Waals surface area contributed by atoms with Crippen LogP contribution in [0.5, 0.6) is 5.75 Å². The number of halogens is 3. The van der Waals surface area contributed by atoms with Crippen molar-refractivity contribution in [1.82, 2.24) is 0 Å². The van der Waals surface area contributed by atoms with Crippen molar-refractivity contribution >= 4 is 0 Å². The summed E-state index contributed by atoms with van der Waals surface area (Å²) in [5.74, 6) is -2.62. The Morgan fingerprint density at radius 1 is 0.952 bits per heavy atom. The minimum absolute atomic E-state index is 0.315. The molecule has 0 heterocycles. The summed E-state index contributed by atoms with van der Waals surface area (Å²) in [6.45, 7) is 3.53. The average molecular weight is 296 g/mol. The standard InChI is InChI=1S/C16H15F3O2/c1-8-4-10(5-9(2)16(8)21-3)15(20)14-12(18)6-11(17)7-13(14)19/h4-7,15,20H,1-3H3. The molecule has 1 unspecified atom stereocenters. The van der Waals surface area contributed by atoms with E-state index in [9.17, 15) is 18.3 Å². The summed E-state index contributed by atoms with van der Waals surface area (Å²) in [4.78, 5) is 0. The van der Waals surface area contributed by atoms with Crippen LogP contribution in [0.15, 0.2) is 24.3 Å². The Bertz CT molecular complexity index is 637. The van der Waals surface area contributed by atoms with E-state index in [2.05, 4.69) is 0 Å². The first kappa shape index (κ1) is 15.4. The molecule has 2 aromatic carbocycles. The Morgan fingerprint density at radius 2 is 1.43 bits per heavy atom. The SMILES string of the molecule is COc1c(C)cc(C(O)c2c(F)cc(F)cc2F)cc1C. The molecule has 21 heavy (non-hydrogen) atoms. The predicted molar refractivity (Wildman–Crippen MR) is 72.8 cm³/mol. The van der Waals surface area contributed by atoms with E-state index in [1.807, 2.05) is 0 Å². The van der Waals surface area contributed by atoms with Crippen molar-refractivity contribution in [2.24, 2.45) is 0 Å². The highest BCUT2D eigenvalue weighted by Crippen LogP contribution is 2.32. The lowest BCUT2D eigenvalue weighted by Gasteiger charge is -2.17. The van der Waals surface area contributed by atoms with Crippen LogP contribution in [0.1, 0.15) is 28.4 Å². The number of aliphatic hydroxyl groups excluding tert-OH is 1. The second-order valence-corrected chi connectivity index (χ2v) is 4.87. The highest BCUT2D eigenvalue weighted by molar-refractivity contribution is 5.46. The molecule has 1 atom stereocenters. The summed E-state index contributed by atoms with van der Waals surface area (Å²) >= 11 is 0. The summed E-state index contributed by atoms with van der Waals surface area (Å²) < 4.78 is 45.6. The lowest BCUT2D eigenvalue weighted by Crippen LogP contribution is -2.08. The minimum Gasteiger partial charge on any atom is -0.496 e. The molecule has 0 aliphatic carbocycles. The molecule has 0 saturated carbocycles. The maximum absolute atomic E-state index is 13.7. The third-order valence-corrected chi connectivity index (χ3v) is 3.32. The Labute approximate surface area is 120 Å². The topological polar surface area (TPSA) is 29.5 Å². The van der Waals surface area contributed by atoms with Crippen molar-refractivity contribution in [3.05, 3.63) is 64.0 Å². The van der Waals surface area contributed by atoms with Crippen molar-refractivity contribution in [2.45, 2.75) is 20.0 Å². The number of aliphatic hydroxyl groups is 1. The summed E-state index contributed by atoms with van der Waals surface area (Å²) in [6.07, 6.45) is -1.52. The maximum Gasteiger partial charge on any atom is 0.135 e. The lowest BCUT2D eigenvalue weighted by molar-refractivity contribution is 0.208. The Morgan fingerprint density at radius 3 is 1.86 bits per heavy atom.